The van der Waals surface area contributed by atoms with Gasteiger partial charge in [-0.1, -0.05) is 0 Å². The Labute approximate surface area is 59.0 Å². The maximum absolute atomic E-state index is 10.4. The highest BCUT2D eigenvalue weighted by atomic mass is 16.5. The average Bonchev–Trinajstić information content (AvgIpc) is 2.63. The van der Waals surface area contributed by atoms with E-state index in [9.17, 15) is 4.79 Å². The van der Waals surface area contributed by atoms with Crippen LogP contribution in [0.2, 0.25) is 0 Å². The van der Waals surface area contributed by atoms with Crippen molar-refractivity contribution < 1.29 is 14.6 Å². The zero-order valence-electron chi connectivity index (χ0n) is 5.62. The number of carboxylic acid groups (broad SMARTS) is 1. The second-order valence-corrected chi connectivity index (χ2v) is 3.15. The minimum Gasteiger partial charge on any atom is -0.479 e. The lowest BCUT2D eigenvalue weighted by atomic mass is 10.1. The zero-order valence-corrected chi connectivity index (χ0v) is 5.62. The van der Waals surface area contributed by atoms with Crippen LogP contribution in [-0.2, 0) is 9.53 Å². The number of rotatable bonds is 1. The summed E-state index contributed by atoms with van der Waals surface area (Å²) in [6.45, 7) is 0.668. The molecular formula is C7H10O3. The van der Waals surface area contributed by atoms with Gasteiger partial charge in [-0.25, -0.2) is 4.79 Å². The van der Waals surface area contributed by atoms with Gasteiger partial charge in [0.15, 0.2) is 6.10 Å². The fourth-order valence-corrected chi connectivity index (χ4v) is 1.56. The van der Waals surface area contributed by atoms with Gasteiger partial charge in [0, 0.05) is 0 Å². The molecule has 3 heteroatoms. The number of carboxylic acids is 1. The smallest absolute Gasteiger partial charge is 0.332 e. The van der Waals surface area contributed by atoms with Crippen molar-refractivity contribution >= 4 is 5.97 Å². The average molecular weight is 142 g/mol. The highest BCUT2D eigenvalue weighted by Gasteiger charge is 2.44. The SMILES string of the molecule is O=C(O)C1CC2CC2CO1. The molecule has 2 fully saturated rings. The number of ether oxygens (including phenoxy) is 1. The Morgan fingerprint density at radius 1 is 1.40 bits per heavy atom. The first kappa shape index (κ1) is 6.16. The highest BCUT2D eigenvalue weighted by molar-refractivity contribution is 5.72. The number of hydrogen-bond donors (Lipinski definition) is 1. The lowest BCUT2D eigenvalue weighted by Crippen LogP contribution is -2.28. The molecule has 10 heavy (non-hydrogen) atoms. The van der Waals surface area contributed by atoms with Gasteiger partial charge in [0.2, 0.25) is 0 Å². The molecule has 0 aromatic carbocycles. The van der Waals surface area contributed by atoms with Crippen molar-refractivity contribution in [2.45, 2.75) is 18.9 Å². The van der Waals surface area contributed by atoms with E-state index in [0.29, 0.717) is 18.4 Å². The maximum Gasteiger partial charge on any atom is 0.332 e. The molecule has 3 unspecified atom stereocenters. The molecule has 2 aliphatic rings. The molecule has 0 spiro atoms. The van der Waals surface area contributed by atoms with E-state index in [4.69, 9.17) is 9.84 Å². The minimum atomic E-state index is -0.801. The predicted octanol–water partition coefficient (Wildman–Crippen LogP) is 0.496. The van der Waals surface area contributed by atoms with E-state index in [2.05, 4.69) is 0 Å². The van der Waals surface area contributed by atoms with E-state index in [1.165, 1.54) is 6.42 Å². The first-order valence-electron chi connectivity index (χ1n) is 3.62. The van der Waals surface area contributed by atoms with Crippen LogP contribution in [0.4, 0.5) is 0 Å². The second-order valence-electron chi connectivity index (χ2n) is 3.15. The fraction of sp³-hybridized carbons (Fsp3) is 0.857. The van der Waals surface area contributed by atoms with E-state index in [1.807, 2.05) is 0 Å². The lowest BCUT2D eigenvalue weighted by Gasteiger charge is -2.17. The summed E-state index contributed by atoms with van der Waals surface area (Å²) in [4.78, 5) is 10.4. The summed E-state index contributed by atoms with van der Waals surface area (Å²) in [6.07, 6.45) is 1.41. The Morgan fingerprint density at radius 2 is 2.20 bits per heavy atom. The fourth-order valence-electron chi connectivity index (χ4n) is 1.56. The summed E-state index contributed by atoms with van der Waals surface area (Å²) >= 11 is 0. The molecule has 0 aromatic rings. The molecule has 0 aromatic heterocycles. The van der Waals surface area contributed by atoms with Gasteiger partial charge in [-0.05, 0) is 24.7 Å². The summed E-state index contributed by atoms with van der Waals surface area (Å²) in [7, 11) is 0. The van der Waals surface area contributed by atoms with E-state index >= 15 is 0 Å². The predicted molar refractivity (Wildman–Crippen MR) is 33.6 cm³/mol. The van der Waals surface area contributed by atoms with Gasteiger partial charge >= 0.3 is 5.97 Å². The van der Waals surface area contributed by atoms with Crippen molar-refractivity contribution in [2.75, 3.05) is 6.61 Å². The molecule has 56 valence electrons. The second kappa shape index (κ2) is 1.95. The Morgan fingerprint density at radius 3 is 2.80 bits per heavy atom. The summed E-state index contributed by atoms with van der Waals surface area (Å²) in [5.74, 6) is 0.552. The van der Waals surface area contributed by atoms with Gasteiger partial charge in [-0.15, -0.1) is 0 Å². The Bertz CT molecular complexity index is 166. The molecule has 3 atom stereocenters. The normalized spacial score (nSPS) is 44.2. The highest BCUT2D eigenvalue weighted by Crippen LogP contribution is 2.45. The van der Waals surface area contributed by atoms with Gasteiger partial charge in [0.25, 0.3) is 0 Å². The molecule has 1 heterocycles. The number of aliphatic carboxylic acids is 1. The van der Waals surface area contributed by atoms with Crippen molar-refractivity contribution in [1.82, 2.24) is 0 Å². The molecule has 1 aliphatic heterocycles. The third-order valence-corrected chi connectivity index (χ3v) is 2.37. The van der Waals surface area contributed by atoms with Crippen molar-refractivity contribution in [3.8, 4) is 0 Å². The standard InChI is InChI=1S/C7H10O3/c8-7(9)6-2-4-1-5(4)3-10-6/h4-6H,1-3H2,(H,8,9). The van der Waals surface area contributed by atoms with Gasteiger partial charge in [-0.2, -0.15) is 0 Å². The Balaban J connectivity index is 1.94. The van der Waals surface area contributed by atoms with Crippen LogP contribution in [0.5, 0.6) is 0 Å². The monoisotopic (exact) mass is 142 g/mol. The van der Waals surface area contributed by atoms with Crippen LogP contribution in [0.15, 0.2) is 0 Å². The topological polar surface area (TPSA) is 46.5 Å². The lowest BCUT2D eigenvalue weighted by molar-refractivity contribution is -0.153. The first-order valence-corrected chi connectivity index (χ1v) is 3.62. The van der Waals surface area contributed by atoms with Crippen molar-refractivity contribution in [3.05, 3.63) is 0 Å². The Hall–Kier alpha value is -0.570. The number of carbonyl (C=O) groups is 1. The van der Waals surface area contributed by atoms with Crippen LogP contribution in [0, 0.1) is 11.8 Å². The molecule has 1 N–H and O–H groups in total. The molecular weight excluding hydrogens is 132 g/mol. The molecule has 1 saturated carbocycles. The zero-order chi connectivity index (χ0) is 7.14. The molecule has 0 bridgehead atoms. The number of hydrogen-bond acceptors (Lipinski definition) is 2. The van der Waals surface area contributed by atoms with Gasteiger partial charge in [0.05, 0.1) is 6.61 Å². The quantitative estimate of drug-likeness (QED) is 0.579. The van der Waals surface area contributed by atoms with E-state index in [0.717, 1.165) is 6.42 Å². The molecule has 1 saturated heterocycles. The van der Waals surface area contributed by atoms with Gasteiger partial charge < -0.3 is 9.84 Å². The molecule has 1 aliphatic carbocycles. The van der Waals surface area contributed by atoms with Crippen LogP contribution in [0.25, 0.3) is 0 Å². The molecule has 3 nitrogen and oxygen atoms in total. The molecule has 2 rings (SSSR count). The minimum absolute atomic E-state index is 0.510. The summed E-state index contributed by atoms with van der Waals surface area (Å²) < 4.78 is 5.09. The summed E-state index contributed by atoms with van der Waals surface area (Å²) in [6, 6.07) is 0. The number of fused-ring (bicyclic) bond motifs is 1. The van der Waals surface area contributed by atoms with Crippen LogP contribution < -0.4 is 0 Å². The van der Waals surface area contributed by atoms with Crippen LogP contribution >= 0.6 is 0 Å². The van der Waals surface area contributed by atoms with Gasteiger partial charge in [-0.3, -0.25) is 0 Å². The van der Waals surface area contributed by atoms with Crippen molar-refractivity contribution in [2.24, 2.45) is 11.8 Å². The Kier molecular flexibility index (Phi) is 1.20. The van der Waals surface area contributed by atoms with Crippen molar-refractivity contribution in [3.63, 3.8) is 0 Å². The third kappa shape index (κ3) is 0.904. The van der Waals surface area contributed by atoms with Gasteiger partial charge in [0.1, 0.15) is 0 Å². The van der Waals surface area contributed by atoms with Crippen LogP contribution in [-0.4, -0.2) is 23.8 Å². The molecule has 0 radical (unpaired) electrons. The maximum atomic E-state index is 10.4. The van der Waals surface area contributed by atoms with E-state index < -0.39 is 12.1 Å². The first-order chi connectivity index (χ1) is 4.77. The van der Waals surface area contributed by atoms with Crippen LogP contribution in [0.1, 0.15) is 12.8 Å². The third-order valence-electron chi connectivity index (χ3n) is 2.37. The summed E-state index contributed by atoms with van der Waals surface area (Å²) in [5, 5.41) is 8.55. The van der Waals surface area contributed by atoms with Crippen LogP contribution in [0.3, 0.4) is 0 Å². The molecule has 0 amide bonds. The summed E-state index contributed by atoms with van der Waals surface area (Å²) in [5.41, 5.74) is 0. The van der Waals surface area contributed by atoms with E-state index in [1.54, 1.807) is 0 Å². The largest absolute Gasteiger partial charge is 0.479 e. The van der Waals surface area contributed by atoms with Crippen molar-refractivity contribution in [1.29, 1.82) is 0 Å². The van der Waals surface area contributed by atoms with E-state index in [-0.39, 0.29) is 0 Å².